The van der Waals surface area contributed by atoms with Crippen LogP contribution in [0.1, 0.15) is 11.1 Å². The summed E-state index contributed by atoms with van der Waals surface area (Å²) < 4.78 is 17.6. The Hall–Kier alpha value is -3.89. The lowest BCUT2D eigenvalue weighted by Gasteiger charge is -2.36. The summed E-state index contributed by atoms with van der Waals surface area (Å²) >= 11 is 0. The fraction of sp³-hybridized carbons (Fsp3) is 0.381. The summed E-state index contributed by atoms with van der Waals surface area (Å²) in [5, 5.41) is 2.66. The van der Waals surface area contributed by atoms with Crippen LogP contribution in [-0.2, 0) is 29.1 Å². The number of amides is 2. The number of fused-ring (bicyclic) bond motifs is 2. The molecule has 1 unspecified atom stereocenters. The fourth-order valence-corrected chi connectivity index (χ4v) is 3.94. The highest BCUT2D eigenvalue weighted by Crippen LogP contribution is 2.35. The first kappa shape index (κ1) is 21.3. The van der Waals surface area contributed by atoms with E-state index in [2.05, 4.69) is 20.3 Å². The SMILES string of the molecule is CNC(=O)C1Cc2cc(OC)c(OC)cc2CN1C(=O)Cn1cnc2c(OC)ncnc21. The predicted molar refractivity (Wildman–Crippen MR) is 114 cm³/mol. The molecule has 1 N–H and O–H groups in total. The molecule has 1 aliphatic rings. The van der Waals surface area contributed by atoms with Crippen molar-refractivity contribution < 1.29 is 23.8 Å². The Labute approximate surface area is 184 Å². The van der Waals surface area contributed by atoms with Gasteiger partial charge in [-0.2, -0.15) is 4.98 Å². The second-order valence-corrected chi connectivity index (χ2v) is 7.26. The summed E-state index contributed by atoms with van der Waals surface area (Å²) in [6.45, 7) is 0.227. The van der Waals surface area contributed by atoms with Gasteiger partial charge in [0.2, 0.25) is 17.7 Å². The number of likely N-dealkylation sites (N-methyl/N-ethyl adjacent to an activating group) is 1. The van der Waals surface area contributed by atoms with Gasteiger partial charge in [-0.05, 0) is 23.3 Å². The largest absolute Gasteiger partial charge is 0.493 e. The number of nitrogens with one attached hydrogen (secondary N) is 1. The minimum atomic E-state index is -0.656. The van der Waals surface area contributed by atoms with Crippen LogP contribution in [0.2, 0.25) is 0 Å². The van der Waals surface area contributed by atoms with Crippen LogP contribution in [0, 0.1) is 0 Å². The van der Waals surface area contributed by atoms with Crippen LogP contribution in [0.5, 0.6) is 17.4 Å². The first-order valence-corrected chi connectivity index (χ1v) is 9.95. The second kappa shape index (κ2) is 8.69. The lowest BCUT2D eigenvalue weighted by atomic mass is 9.92. The standard InChI is InChI=1S/C21H24N6O5/c1-22-20(29)14-5-12-6-15(30-2)16(31-3)7-13(12)8-27(14)17(28)9-26-11-25-18-19(26)23-10-24-21(18)32-4/h6-7,10-11,14H,5,8-9H2,1-4H3,(H,22,29). The molecule has 11 nitrogen and oxygen atoms in total. The lowest BCUT2D eigenvalue weighted by molar-refractivity contribution is -0.142. The van der Waals surface area contributed by atoms with Crippen molar-refractivity contribution in [3.8, 4) is 17.4 Å². The number of hydrogen-bond acceptors (Lipinski definition) is 8. The van der Waals surface area contributed by atoms with Crippen LogP contribution in [0.15, 0.2) is 24.8 Å². The molecule has 32 heavy (non-hydrogen) atoms. The monoisotopic (exact) mass is 440 g/mol. The number of rotatable bonds is 6. The van der Waals surface area contributed by atoms with Gasteiger partial charge in [-0.1, -0.05) is 0 Å². The molecular formula is C21H24N6O5. The highest BCUT2D eigenvalue weighted by molar-refractivity contribution is 5.89. The van der Waals surface area contributed by atoms with Gasteiger partial charge in [-0.15, -0.1) is 0 Å². The van der Waals surface area contributed by atoms with Gasteiger partial charge in [-0.25, -0.2) is 9.97 Å². The minimum absolute atomic E-state index is 0.0349. The molecule has 3 heterocycles. The number of ether oxygens (including phenoxy) is 3. The lowest BCUT2D eigenvalue weighted by Crippen LogP contribution is -2.52. The number of benzene rings is 1. The molecule has 1 aliphatic heterocycles. The molecule has 4 rings (SSSR count). The molecule has 0 saturated carbocycles. The molecule has 0 spiro atoms. The topological polar surface area (TPSA) is 121 Å². The van der Waals surface area contributed by atoms with Crippen molar-refractivity contribution in [3.63, 3.8) is 0 Å². The Morgan fingerprint density at radius 2 is 1.78 bits per heavy atom. The summed E-state index contributed by atoms with van der Waals surface area (Å²) in [6, 6.07) is 3.05. The molecule has 0 fully saturated rings. The van der Waals surface area contributed by atoms with Crippen molar-refractivity contribution in [2.45, 2.75) is 25.6 Å². The number of imidazole rings is 1. The van der Waals surface area contributed by atoms with Crippen molar-refractivity contribution in [2.75, 3.05) is 28.4 Å². The average Bonchev–Trinajstić information content (AvgIpc) is 3.24. The molecule has 11 heteroatoms. The summed E-state index contributed by atoms with van der Waals surface area (Å²) in [5.41, 5.74) is 2.78. The van der Waals surface area contributed by atoms with Gasteiger partial charge in [0.25, 0.3) is 0 Å². The van der Waals surface area contributed by atoms with Crippen molar-refractivity contribution >= 4 is 23.0 Å². The molecule has 1 aromatic carbocycles. The summed E-state index contributed by atoms with van der Waals surface area (Å²) in [4.78, 5) is 40.1. The first-order valence-electron chi connectivity index (χ1n) is 9.95. The van der Waals surface area contributed by atoms with Crippen molar-refractivity contribution in [1.29, 1.82) is 0 Å². The molecule has 0 aliphatic carbocycles. The Bertz CT molecular complexity index is 1180. The van der Waals surface area contributed by atoms with Crippen LogP contribution in [0.4, 0.5) is 0 Å². The van der Waals surface area contributed by atoms with Crippen LogP contribution < -0.4 is 19.5 Å². The van der Waals surface area contributed by atoms with E-state index < -0.39 is 6.04 Å². The van der Waals surface area contributed by atoms with E-state index in [-0.39, 0.29) is 24.9 Å². The highest BCUT2D eigenvalue weighted by atomic mass is 16.5. The predicted octanol–water partition coefficient (Wildman–Crippen LogP) is 0.552. The zero-order valence-corrected chi connectivity index (χ0v) is 18.3. The number of nitrogens with zero attached hydrogens (tertiary/aromatic N) is 5. The molecule has 2 amide bonds. The van der Waals surface area contributed by atoms with Crippen LogP contribution in [0.25, 0.3) is 11.2 Å². The summed E-state index contributed by atoms with van der Waals surface area (Å²) in [7, 11) is 6.17. The Morgan fingerprint density at radius 1 is 1.06 bits per heavy atom. The maximum atomic E-state index is 13.3. The van der Waals surface area contributed by atoms with E-state index in [0.29, 0.717) is 35.0 Å². The van der Waals surface area contributed by atoms with Crippen LogP contribution in [-0.4, -0.2) is 70.7 Å². The molecule has 1 atom stereocenters. The number of carbonyl (C=O) groups excluding carboxylic acids is 2. The van der Waals surface area contributed by atoms with Gasteiger partial charge in [0.1, 0.15) is 18.9 Å². The molecule has 0 saturated heterocycles. The number of aromatic nitrogens is 4. The Morgan fingerprint density at radius 3 is 2.44 bits per heavy atom. The fourth-order valence-electron chi connectivity index (χ4n) is 3.94. The number of carbonyl (C=O) groups is 2. The third kappa shape index (κ3) is 3.66. The summed E-state index contributed by atoms with van der Waals surface area (Å²) in [6.07, 6.45) is 3.23. The quantitative estimate of drug-likeness (QED) is 0.590. The normalized spacial score (nSPS) is 15.2. The van der Waals surface area contributed by atoms with Crippen molar-refractivity contribution in [2.24, 2.45) is 0 Å². The Balaban J connectivity index is 1.66. The van der Waals surface area contributed by atoms with Gasteiger partial charge < -0.3 is 29.0 Å². The van der Waals surface area contributed by atoms with E-state index in [0.717, 1.165) is 11.1 Å². The van der Waals surface area contributed by atoms with E-state index >= 15 is 0 Å². The zero-order valence-electron chi connectivity index (χ0n) is 18.3. The molecule has 2 aromatic heterocycles. The maximum Gasteiger partial charge on any atom is 0.245 e. The van der Waals surface area contributed by atoms with Gasteiger partial charge in [-0.3, -0.25) is 9.59 Å². The van der Waals surface area contributed by atoms with Crippen LogP contribution in [0.3, 0.4) is 0 Å². The minimum Gasteiger partial charge on any atom is -0.493 e. The van der Waals surface area contributed by atoms with Crippen molar-refractivity contribution in [3.05, 3.63) is 35.9 Å². The third-order valence-electron chi connectivity index (χ3n) is 5.57. The highest BCUT2D eigenvalue weighted by Gasteiger charge is 2.35. The third-order valence-corrected chi connectivity index (χ3v) is 5.57. The van der Waals surface area contributed by atoms with Gasteiger partial charge in [0.15, 0.2) is 22.7 Å². The van der Waals surface area contributed by atoms with E-state index in [1.54, 1.807) is 30.7 Å². The van der Waals surface area contributed by atoms with E-state index in [1.807, 2.05) is 12.1 Å². The van der Waals surface area contributed by atoms with Gasteiger partial charge in [0.05, 0.1) is 27.7 Å². The first-order chi connectivity index (χ1) is 15.5. The smallest absolute Gasteiger partial charge is 0.245 e. The summed E-state index contributed by atoms with van der Waals surface area (Å²) in [5.74, 6) is 1.01. The maximum absolute atomic E-state index is 13.3. The molecule has 3 aromatic rings. The number of methoxy groups -OCH3 is 3. The van der Waals surface area contributed by atoms with Gasteiger partial charge in [0, 0.05) is 20.0 Å². The average molecular weight is 440 g/mol. The molecule has 0 bridgehead atoms. The zero-order chi connectivity index (χ0) is 22.8. The molecular weight excluding hydrogens is 416 g/mol. The Kier molecular flexibility index (Phi) is 5.80. The van der Waals surface area contributed by atoms with E-state index in [9.17, 15) is 9.59 Å². The van der Waals surface area contributed by atoms with E-state index in [1.165, 1.54) is 19.8 Å². The van der Waals surface area contributed by atoms with Gasteiger partial charge >= 0.3 is 0 Å². The molecule has 168 valence electrons. The molecule has 0 radical (unpaired) electrons. The van der Waals surface area contributed by atoms with Crippen molar-refractivity contribution in [1.82, 2.24) is 29.7 Å². The second-order valence-electron chi connectivity index (χ2n) is 7.26. The number of hydrogen-bond donors (Lipinski definition) is 1. The van der Waals surface area contributed by atoms with Crippen LogP contribution >= 0.6 is 0 Å². The van der Waals surface area contributed by atoms with E-state index in [4.69, 9.17) is 14.2 Å².